The van der Waals surface area contributed by atoms with Crippen LogP contribution in [0.5, 0.6) is 5.75 Å². The van der Waals surface area contributed by atoms with Crippen LogP contribution in [0.25, 0.3) is 22.4 Å². The molecule has 3 aromatic rings. The van der Waals surface area contributed by atoms with E-state index in [1.54, 1.807) is 0 Å². The molecule has 1 unspecified atom stereocenters. The fourth-order valence-electron chi connectivity index (χ4n) is 3.16. The van der Waals surface area contributed by atoms with Gasteiger partial charge in [-0.05, 0) is 44.0 Å². The van der Waals surface area contributed by atoms with Crippen molar-refractivity contribution < 1.29 is 4.74 Å². The Balaban J connectivity index is 2.11. The predicted molar refractivity (Wildman–Crippen MR) is 84.7 cm³/mol. The monoisotopic (exact) mass is 278 g/mol. The van der Waals surface area contributed by atoms with Crippen LogP contribution in [-0.4, -0.2) is 15.7 Å². The highest BCUT2D eigenvalue weighted by molar-refractivity contribution is 5.85. The zero-order valence-corrected chi connectivity index (χ0v) is 12.6. The maximum absolute atomic E-state index is 6.15. The second-order valence-corrected chi connectivity index (χ2v) is 5.87. The molecule has 0 amide bonds. The molecule has 3 heteroatoms. The Bertz CT molecular complexity index is 848. The second-order valence-electron chi connectivity index (χ2n) is 5.87. The first-order valence-electron chi connectivity index (χ1n) is 7.37. The highest BCUT2D eigenvalue weighted by atomic mass is 16.5. The van der Waals surface area contributed by atoms with Gasteiger partial charge in [0.15, 0.2) is 0 Å². The number of nitrogens with zero attached hydrogens (tertiary/aromatic N) is 2. The van der Waals surface area contributed by atoms with Gasteiger partial charge in [-0.1, -0.05) is 24.3 Å². The molecule has 0 spiro atoms. The molecule has 0 N–H and O–H groups in total. The lowest BCUT2D eigenvalue weighted by atomic mass is 10.1. The number of aromatic nitrogens is 2. The quantitative estimate of drug-likeness (QED) is 0.619. The third-order valence-corrected chi connectivity index (χ3v) is 4.19. The van der Waals surface area contributed by atoms with Gasteiger partial charge in [-0.3, -0.25) is 0 Å². The van der Waals surface area contributed by atoms with Crippen molar-refractivity contribution in [3.63, 3.8) is 0 Å². The van der Waals surface area contributed by atoms with E-state index in [0.717, 1.165) is 34.8 Å². The lowest BCUT2D eigenvalue weighted by Gasteiger charge is -2.14. The minimum atomic E-state index is 0.129. The molecule has 4 rings (SSSR count). The van der Waals surface area contributed by atoms with Crippen LogP contribution in [0.3, 0.4) is 0 Å². The highest BCUT2D eigenvalue weighted by Crippen LogP contribution is 2.38. The lowest BCUT2D eigenvalue weighted by molar-refractivity contribution is 0.206. The van der Waals surface area contributed by atoms with Crippen LogP contribution in [0.1, 0.15) is 18.1 Å². The number of hydrogen-bond donors (Lipinski definition) is 0. The molecular formula is C18H18N2O. The van der Waals surface area contributed by atoms with Crippen LogP contribution >= 0.6 is 0 Å². The molecule has 0 radical (unpaired) electrons. The third-order valence-electron chi connectivity index (χ3n) is 4.19. The van der Waals surface area contributed by atoms with E-state index >= 15 is 0 Å². The third kappa shape index (κ3) is 1.77. The van der Waals surface area contributed by atoms with Gasteiger partial charge in [0.1, 0.15) is 17.7 Å². The topological polar surface area (TPSA) is 27.1 Å². The number of benzene rings is 2. The minimum absolute atomic E-state index is 0.129. The van der Waals surface area contributed by atoms with E-state index in [1.807, 2.05) is 0 Å². The van der Waals surface area contributed by atoms with Crippen LogP contribution in [0.15, 0.2) is 36.4 Å². The Kier molecular flexibility index (Phi) is 2.58. The van der Waals surface area contributed by atoms with Crippen LogP contribution in [-0.2, 0) is 6.54 Å². The van der Waals surface area contributed by atoms with Gasteiger partial charge in [0, 0.05) is 0 Å². The fraction of sp³-hybridized carbons (Fsp3) is 0.278. The standard InChI is InChI=1S/C18H18N2O/c1-11-6-5-9-15-16(11)19-18-14-8-4-7-12(2)17(14)21-13(3)10-20(15)18/h4-9,13H,10H2,1-3H3. The number of hydrogen-bond acceptors (Lipinski definition) is 2. The number of para-hydroxylation sites is 2. The number of rotatable bonds is 0. The Labute approximate surface area is 124 Å². The molecule has 1 aromatic heterocycles. The molecule has 0 saturated heterocycles. The fourth-order valence-corrected chi connectivity index (χ4v) is 3.16. The van der Waals surface area contributed by atoms with Crippen LogP contribution in [0.2, 0.25) is 0 Å². The Morgan fingerprint density at radius 3 is 2.71 bits per heavy atom. The Hall–Kier alpha value is -2.29. The van der Waals surface area contributed by atoms with Crippen molar-refractivity contribution in [3.8, 4) is 17.1 Å². The van der Waals surface area contributed by atoms with E-state index < -0.39 is 0 Å². The summed E-state index contributed by atoms with van der Waals surface area (Å²) < 4.78 is 8.44. The molecule has 1 atom stereocenters. The van der Waals surface area contributed by atoms with E-state index in [1.165, 1.54) is 11.1 Å². The molecular weight excluding hydrogens is 260 g/mol. The highest BCUT2D eigenvalue weighted by Gasteiger charge is 2.24. The summed E-state index contributed by atoms with van der Waals surface area (Å²) in [7, 11) is 0. The summed E-state index contributed by atoms with van der Waals surface area (Å²) in [6, 6.07) is 12.6. The van der Waals surface area contributed by atoms with Gasteiger partial charge < -0.3 is 9.30 Å². The van der Waals surface area contributed by atoms with Crippen LogP contribution in [0.4, 0.5) is 0 Å². The molecule has 0 saturated carbocycles. The summed E-state index contributed by atoms with van der Waals surface area (Å²) >= 11 is 0. The smallest absolute Gasteiger partial charge is 0.145 e. The number of aryl methyl sites for hydroxylation is 2. The van der Waals surface area contributed by atoms with Crippen molar-refractivity contribution in [2.24, 2.45) is 0 Å². The summed E-state index contributed by atoms with van der Waals surface area (Å²) in [4.78, 5) is 4.91. The first kappa shape index (κ1) is 12.5. The molecule has 21 heavy (non-hydrogen) atoms. The summed E-state index contributed by atoms with van der Waals surface area (Å²) in [5.41, 5.74) is 5.76. The minimum Gasteiger partial charge on any atom is -0.488 e. The number of fused-ring (bicyclic) bond motifs is 5. The maximum Gasteiger partial charge on any atom is 0.145 e. The average Bonchev–Trinajstić information content (AvgIpc) is 2.74. The van der Waals surface area contributed by atoms with Gasteiger partial charge in [0.25, 0.3) is 0 Å². The molecule has 1 aliphatic rings. The van der Waals surface area contributed by atoms with E-state index in [-0.39, 0.29) is 6.10 Å². The maximum atomic E-state index is 6.15. The number of imidazole rings is 1. The molecule has 1 aliphatic heterocycles. The molecule has 2 aromatic carbocycles. The van der Waals surface area contributed by atoms with Crippen molar-refractivity contribution in [1.29, 1.82) is 0 Å². The molecule has 0 bridgehead atoms. The SMILES string of the molecule is Cc1cccc2c1OC(C)Cn1c-2nc2c(C)cccc21. The van der Waals surface area contributed by atoms with Gasteiger partial charge in [0.05, 0.1) is 23.1 Å². The first-order chi connectivity index (χ1) is 10.1. The summed E-state index contributed by atoms with van der Waals surface area (Å²) in [6.07, 6.45) is 0.129. The van der Waals surface area contributed by atoms with Gasteiger partial charge in [-0.25, -0.2) is 4.98 Å². The molecule has 0 fully saturated rings. The summed E-state index contributed by atoms with van der Waals surface area (Å²) in [6.45, 7) is 7.15. The van der Waals surface area contributed by atoms with Gasteiger partial charge in [0.2, 0.25) is 0 Å². The van der Waals surface area contributed by atoms with Crippen molar-refractivity contribution in [3.05, 3.63) is 47.5 Å². The summed E-state index contributed by atoms with van der Waals surface area (Å²) in [5, 5.41) is 0. The van der Waals surface area contributed by atoms with Gasteiger partial charge in [-0.2, -0.15) is 0 Å². The zero-order chi connectivity index (χ0) is 14.6. The van der Waals surface area contributed by atoms with E-state index in [9.17, 15) is 0 Å². The van der Waals surface area contributed by atoms with Gasteiger partial charge >= 0.3 is 0 Å². The van der Waals surface area contributed by atoms with E-state index in [0.29, 0.717) is 0 Å². The zero-order valence-electron chi connectivity index (χ0n) is 12.6. The Morgan fingerprint density at radius 2 is 1.86 bits per heavy atom. The van der Waals surface area contributed by atoms with E-state index in [2.05, 4.69) is 61.7 Å². The van der Waals surface area contributed by atoms with Crippen molar-refractivity contribution in [2.75, 3.05) is 0 Å². The van der Waals surface area contributed by atoms with Crippen LogP contribution in [0, 0.1) is 13.8 Å². The van der Waals surface area contributed by atoms with Crippen molar-refractivity contribution >= 4 is 11.0 Å². The molecule has 2 heterocycles. The van der Waals surface area contributed by atoms with E-state index in [4.69, 9.17) is 9.72 Å². The normalized spacial score (nSPS) is 17.0. The van der Waals surface area contributed by atoms with Crippen LogP contribution < -0.4 is 4.74 Å². The molecule has 3 nitrogen and oxygen atoms in total. The Morgan fingerprint density at radius 1 is 1.10 bits per heavy atom. The first-order valence-corrected chi connectivity index (χ1v) is 7.37. The van der Waals surface area contributed by atoms with Crippen molar-refractivity contribution in [1.82, 2.24) is 9.55 Å². The average molecular weight is 278 g/mol. The predicted octanol–water partition coefficient (Wildman–Crippen LogP) is 4.10. The summed E-state index contributed by atoms with van der Waals surface area (Å²) in [5.74, 6) is 1.99. The van der Waals surface area contributed by atoms with Gasteiger partial charge in [-0.15, -0.1) is 0 Å². The molecule has 0 aliphatic carbocycles. The lowest BCUT2D eigenvalue weighted by Crippen LogP contribution is -2.17. The number of ether oxygens (including phenoxy) is 1. The van der Waals surface area contributed by atoms with Crippen molar-refractivity contribution in [2.45, 2.75) is 33.4 Å². The molecule has 106 valence electrons. The largest absolute Gasteiger partial charge is 0.488 e. The second kappa shape index (κ2) is 4.35.